The molecule has 1 N–H and O–H groups in total. The van der Waals surface area contributed by atoms with Crippen LogP contribution in [0.25, 0.3) is 0 Å². The van der Waals surface area contributed by atoms with Crippen LogP contribution in [0.2, 0.25) is 0 Å². The molecule has 0 saturated carbocycles. The lowest BCUT2D eigenvalue weighted by molar-refractivity contribution is 0.546. The first-order valence-electron chi connectivity index (χ1n) is 6.90. The fourth-order valence-electron chi connectivity index (χ4n) is 1.89. The van der Waals surface area contributed by atoms with Crippen LogP contribution in [0.1, 0.15) is 24.9 Å². The lowest BCUT2D eigenvalue weighted by Crippen LogP contribution is -2.31. The van der Waals surface area contributed by atoms with E-state index >= 15 is 0 Å². The van der Waals surface area contributed by atoms with Gasteiger partial charge in [0.25, 0.3) is 0 Å². The van der Waals surface area contributed by atoms with Gasteiger partial charge in [0, 0.05) is 12.3 Å². The Labute approximate surface area is 127 Å². The molecule has 0 aliphatic rings. The number of hydrogen-bond donors (Lipinski definition) is 1. The summed E-state index contributed by atoms with van der Waals surface area (Å²) in [6, 6.07) is 9.03. The summed E-state index contributed by atoms with van der Waals surface area (Å²) in [5.41, 5.74) is 0.897. The molecule has 0 amide bonds. The summed E-state index contributed by atoms with van der Waals surface area (Å²) in [5, 5.41) is 3.21. The highest BCUT2D eigenvalue weighted by atomic mass is 32.2. The highest BCUT2D eigenvalue weighted by Crippen LogP contribution is 2.15. The number of rotatable bonds is 9. The maximum Gasteiger partial charge on any atom is 0.153 e. The number of hydrogen-bond acceptors (Lipinski definition) is 5. The second-order valence-electron chi connectivity index (χ2n) is 5.16. The van der Waals surface area contributed by atoms with Crippen molar-refractivity contribution >= 4 is 19.7 Å². The van der Waals surface area contributed by atoms with Gasteiger partial charge in [-0.15, -0.1) is 0 Å². The average molecular weight is 333 g/mol. The summed E-state index contributed by atoms with van der Waals surface area (Å²) in [6.45, 7) is 2.72. The summed E-state index contributed by atoms with van der Waals surface area (Å²) in [7, 11) is -6.71. The zero-order valence-electron chi connectivity index (χ0n) is 12.4. The molecule has 0 aromatic heterocycles. The van der Waals surface area contributed by atoms with E-state index < -0.39 is 19.7 Å². The van der Waals surface area contributed by atoms with Crippen LogP contribution < -0.4 is 5.32 Å². The van der Waals surface area contributed by atoms with Gasteiger partial charge in [-0.25, -0.2) is 16.8 Å². The van der Waals surface area contributed by atoms with Crippen LogP contribution in [0, 0.1) is 0 Å². The van der Waals surface area contributed by atoms with Gasteiger partial charge in [-0.05, 0) is 18.5 Å². The van der Waals surface area contributed by atoms with E-state index in [1.165, 1.54) is 0 Å². The molecule has 0 heterocycles. The minimum absolute atomic E-state index is 0.0907. The van der Waals surface area contributed by atoms with E-state index in [-0.39, 0.29) is 23.3 Å². The third-order valence-corrected chi connectivity index (χ3v) is 5.90. The van der Waals surface area contributed by atoms with E-state index in [9.17, 15) is 16.8 Å². The molecule has 21 heavy (non-hydrogen) atoms. The summed E-state index contributed by atoms with van der Waals surface area (Å²) in [5.74, 6) is -0.750. The molecule has 5 nitrogen and oxygen atoms in total. The molecule has 0 aliphatic heterocycles. The van der Waals surface area contributed by atoms with Gasteiger partial charge < -0.3 is 5.32 Å². The summed E-state index contributed by atoms with van der Waals surface area (Å²) in [4.78, 5) is 0. The number of benzene rings is 1. The molecule has 1 rings (SSSR count). The van der Waals surface area contributed by atoms with E-state index in [0.29, 0.717) is 6.54 Å². The maximum atomic E-state index is 12.1. The third-order valence-electron chi connectivity index (χ3n) is 3.03. The minimum Gasteiger partial charge on any atom is -0.309 e. The first-order valence-corrected chi connectivity index (χ1v) is 10.8. The standard InChI is InChI=1S/C14H23NO4S2/c1-3-9-15-14(13-7-5-4-6-8-13)12-21(18,19)11-10-20(2,16)17/h4-8,14-15H,3,9-12H2,1-2H3. The molecule has 120 valence electrons. The van der Waals surface area contributed by atoms with Gasteiger partial charge >= 0.3 is 0 Å². The van der Waals surface area contributed by atoms with E-state index in [1.54, 1.807) is 0 Å². The van der Waals surface area contributed by atoms with Crippen LogP contribution in [-0.2, 0) is 19.7 Å². The van der Waals surface area contributed by atoms with Crippen LogP contribution in [0.3, 0.4) is 0 Å². The third kappa shape index (κ3) is 7.59. The van der Waals surface area contributed by atoms with Gasteiger partial charge in [0.2, 0.25) is 0 Å². The minimum atomic E-state index is -3.43. The highest BCUT2D eigenvalue weighted by Gasteiger charge is 2.21. The molecule has 0 aliphatic carbocycles. The van der Waals surface area contributed by atoms with Crippen LogP contribution >= 0.6 is 0 Å². The van der Waals surface area contributed by atoms with Gasteiger partial charge in [-0.2, -0.15) is 0 Å². The Morgan fingerprint density at radius 2 is 1.67 bits per heavy atom. The Bertz CT molecular complexity index is 624. The van der Waals surface area contributed by atoms with E-state index in [2.05, 4.69) is 5.32 Å². The lowest BCUT2D eigenvalue weighted by Gasteiger charge is -2.19. The van der Waals surface area contributed by atoms with Crippen molar-refractivity contribution in [1.82, 2.24) is 5.32 Å². The van der Waals surface area contributed by atoms with Crippen LogP contribution in [0.5, 0.6) is 0 Å². The van der Waals surface area contributed by atoms with Crippen molar-refractivity contribution in [3.05, 3.63) is 35.9 Å². The molecule has 1 unspecified atom stereocenters. The Morgan fingerprint density at radius 3 is 2.19 bits per heavy atom. The zero-order chi connectivity index (χ0) is 15.9. The summed E-state index contributed by atoms with van der Waals surface area (Å²) < 4.78 is 46.5. The molecular formula is C14H23NO4S2. The summed E-state index contributed by atoms with van der Waals surface area (Å²) in [6.07, 6.45) is 1.94. The van der Waals surface area contributed by atoms with E-state index in [0.717, 1.165) is 18.2 Å². The van der Waals surface area contributed by atoms with Gasteiger partial charge in [0.05, 0.1) is 17.3 Å². The second-order valence-corrected chi connectivity index (χ2v) is 9.65. The van der Waals surface area contributed by atoms with E-state index in [4.69, 9.17) is 0 Å². The van der Waals surface area contributed by atoms with Crippen LogP contribution in [0.15, 0.2) is 30.3 Å². The largest absolute Gasteiger partial charge is 0.309 e. The smallest absolute Gasteiger partial charge is 0.153 e. The zero-order valence-corrected chi connectivity index (χ0v) is 14.1. The lowest BCUT2D eigenvalue weighted by atomic mass is 10.1. The predicted molar refractivity (Wildman–Crippen MR) is 85.8 cm³/mol. The number of nitrogens with one attached hydrogen (secondary N) is 1. The van der Waals surface area contributed by atoms with Crippen LogP contribution in [-0.4, -0.2) is 46.9 Å². The van der Waals surface area contributed by atoms with Crippen molar-refractivity contribution in [1.29, 1.82) is 0 Å². The van der Waals surface area contributed by atoms with Gasteiger partial charge in [-0.1, -0.05) is 37.3 Å². The maximum absolute atomic E-state index is 12.1. The Kier molecular flexibility index (Phi) is 6.83. The van der Waals surface area contributed by atoms with Crippen molar-refractivity contribution in [2.75, 3.05) is 30.1 Å². The molecule has 7 heteroatoms. The van der Waals surface area contributed by atoms with Crippen LogP contribution in [0.4, 0.5) is 0 Å². The molecule has 1 aromatic carbocycles. The molecule has 0 saturated heterocycles. The molecule has 0 fully saturated rings. The first-order chi connectivity index (χ1) is 9.73. The van der Waals surface area contributed by atoms with Crippen molar-refractivity contribution in [2.24, 2.45) is 0 Å². The molecule has 1 atom stereocenters. The second kappa shape index (κ2) is 7.91. The fourth-order valence-corrected chi connectivity index (χ4v) is 5.10. The van der Waals surface area contributed by atoms with Crippen molar-refractivity contribution in [2.45, 2.75) is 19.4 Å². The fraction of sp³-hybridized carbons (Fsp3) is 0.571. The molecule has 1 aromatic rings. The summed E-state index contributed by atoms with van der Waals surface area (Å²) >= 11 is 0. The van der Waals surface area contributed by atoms with Crippen molar-refractivity contribution in [3.8, 4) is 0 Å². The quantitative estimate of drug-likeness (QED) is 0.734. The molecular weight excluding hydrogens is 310 g/mol. The first kappa shape index (κ1) is 18.1. The van der Waals surface area contributed by atoms with Gasteiger partial charge in [0.15, 0.2) is 9.84 Å². The Morgan fingerprint density at radius 1 is 1.05 bits per heavy atom. The van der Waals surface area contributed by atoms with Crippen molar-refractivity contribution in [3.63, 3.8) is 0 Å². The topological polar surface area (TPSA) is 80.3 Å². The predicted octanol–water partition coefficient (Wildman–Crippen LogP) is 1.19. The monoisotopic (exact) mass is 333 g/mol. The Hall–Kier alpha value is -0.920. The molecule has 0 bridgehead atoms. The molecule has 0 spiro atoms. The van der Waals surface area contributed by atoms with Gasteiger partial charge in [-0.3, -0.25) is 0 Å². The van der Waals surface area contributed by atoms with Gasteiger partial charge in [0.1, 0.15) is 9.84 Å². The normalized spacial score (nSPS) is 14.0. The SMILES string of the molecule is CCCNC(CS(=O)(=O)CCS(C)(=O)=O)c1ccccc1. The number of sulfone groups is 2. The average Bonchev–Trinajstić information content (AvgIpc) is 2.42. The Balaban J connectivity index is 2.81. The highest BCUT2D eigenvalue weighted by molar-refractivity contribution is 7.94. The molecule has 0 radical (unpaired) electrons. The van der Waals surface area contributed by atoms with E-state index in [1.807, 2.05) is 37.3 Å². The van der Waals surface area contributed by atoms with Crippen molar-refractivity contribution < 1.29 is 16.8 Å².